The van der Waals surface area contributed by atoms with E-state index in [0.717, 1.165) is 0 Å². The molecule has 0 radical (unpaired) electrons. The van der Waals surface area contributed by atoms with Gasteiger partial charge in [0, 0.05) is 11.4 Å². The second-order valence-corrected chi connectivity index (χ2v) is 10.9. The molecule has 3 unspecified atom stereocenters. The molecule has 1 rings (SSSR count). The van der Waals surface area contributed by atoms with Crippen LogP contribution in [0.25, 0.3) is 0 Å². The monoisotopic (exact) mass is 293 g/mol. The van der Waals surface area contributed by atoms with Crippen molar-refractivity contribution < 1.29 is 9.09 Å². The summed E-state index contributed by atoms with van der Waals surface area (Å²) in [5.41, 5.74) is 0. The topological polar surface area (TPSA) is 38.3 Å². The Morgan fingerprint density at radius 1 is 1.33 bits per heavy atom. The van der Waals surface area contributed by atoms with Crippen LogP contribution in [0, 0.1) is 11.8 Å². The molecule has 1 aliphatic rings. The molecule has 5 heteroatoms. The Morgan fingerprint density at radius 3 is 2.28 bits per heavy atom. The van der Waals surface area contributed by atoms with Crippen molar-refractivity contribution in [2.45, 2.75) is 57.4 Å². The van der Waals surface area contributed by atoms with E-state index in [0.29, 0.717) is 23.8 Å². The van der Waals surface area contributed by atoms with Crippen LogP contribution in [-0.4, -0.2) is 29.2 Å². The molecule has 0 amide bonds. The van der Waals surface area contributed by atoms with Crippen LogP contribution < -0.4 is 5.32 Å². The van der Waals surface area contributed by atoms with Gasteiger partial charge in [-0.1, -0.05) is 27.7 Å². The first-order valence-corrected chi connectivity index (χ1v) is 9.74. The predicted molar refractivity (Wildman–Crippen MR) is 81.5 cm³/mol. The van der Waals surface area contributed by atoms with Gasteiger partial charge in [-0.15, -0.1) is 11.8 Å². The Labute approximate surface area is 116 Å². The van der Waals surface area contributed by atoms with Crippen LogP contribution in [0.4, 0.5) is 0 Å². The van der Waals surface area contributed by atoms with Gasteiger partial charge in [0.1, 0.15) is 0 Å². The van der Waals surface area contributed by atoms with E-state index in [1.807, 2.05) is 11.8 Å². The second-order valence-electron chi connectivity index (χ2n) is 6.55. The molecule has 0 aromatic carbocycles. The van der Waals surface area contributed by atoms with Gasteiger partial charge in [-0.25, -0.2) is 0 Å². The molecule has 18 heavy (non-hydrogen) atoms. The summed E-state index contributed by atoms with van der Waals surface area (Å²) < 4.78 is 18.5. The Balaban J connectivity index is 2.78. The van der Waals surface area contributed by atoms with Crippen molar-refractivity contribution in [1.82, 2.24) is 5.32 Å². The summed E-state index contributed by atoms with van der Waals surface area (Å²) in [5.74, 6) is 0.891. The first-order valence-electron chi connectivity index (χ1n) is 6.72. The summed E-state index contributed by atoms with van der Waals surface area (Å²) in [4.78, 5) is 0. The predicted octanol–water partition coefficient (Wildman–Crippen LogP) is 3.99. The fourth-order valence-electron chi connectivity index (χ4n) is 2.18. The molecule has 1 heterocycles. The standard InChI is InChI=1S/C13H28NO2PS/c1-9(2)8-16-17(7,15)12-13(5,6)18-11(14-12)10(3)4/h9-12,14H,8H2,1-7H3. The molecule has 0 aromatic rings. The molecule has 3 nitrogen and oxygen atoms in total. The molecule has 0 aliphatic carbocycles. The van der Waals surface area contributed by atoms with Gasteiger partial charge in [-0.3, -0.25) is 9.88 Å². The zero-order chi connectivity index (χ0) is 14.1. The Morgan fingerprint density at radius 2 is 1.89 bits per heavy atom. The number of hydrogen-bond donors (Lipinski definition) is 1. The number of thioether (sulfide) groups is 1. The average molecular weight is 293 g/mol. The number of hydrogen-bond acceptors (Lipinski definition) is 4. The molecule has 1 saturated heterocycles. The molecule has 1 fully saturated rings. The van der Waals surface area contributed by atoms with Gasteiger partial charge in [0.05, 0.1) is 17.8 Å². The van der Waals surface area contributed by atoms with Gasteiger partial charge in [-0.2, -0.15) is 0 Å². The summed E-state index contributed by atoms with van der Waals surface area (Å²) in [5, 5.41) is 3.88. The molecule has 0 spiro atoms. The van der Waals surface area contributed by atoms with Crippen molar-refractivity contribution in [2.24, 2.45) is 11.8 Å². The molecule has 0 saturated carbocycles. The molecule has 0 bridgehead atoms. The average Bonchev–Trinajstić information content (AvgIpc) is 2.52. The normalized spacial score (nSPS) is 30.9. The van der Waals surface area contributed by atoms with Gasteiger partial charge in [0.2, 0.25) is 7.37 Å². The van der Waals surface area contributed by atoms with E-state index >= 15 is 0 Å². The first-order chi connectivity index (χ1) is 8.06. The van der Waals surface area contributed by atoms with E-state index < -0.39 is 7.37 Å². The van der Waals surface area contributed by atoms with Crippen molar-refractivity contribution in [3.63, 3.8) is 0 Å². The third kappa shape index (κ3) is 4.00. The van der Waals surface area contributed by atoms with Crippen LogP contribution in [0.3, 0.4) is 0 Å². The van der Waals surface area contributed by atoms with Crippen LogP contribution in [0.2, 0.25) is 0 Å². The van der Waals surface area contributed by atoms with Gasteiger partial charge < -0.3 is 4.52 Å². The Kier molecular flexibility index (Phi) is 5.39. The fraction of sp³-hybridized carbons (Fsp3) is 1.00. The minimum atomic E-state index is -2.62. The maximum absolute atomic E-state index is 12.8. The lowest BCUT2D eigenvalue weighted by molar-refractivity contribution is 0.261. The molecule has 1 aliphatic heterocycles. The fourth-order valence-corrected chi connectivity index (χ4v) is 6.67. The van der Waals surface area contributed by atoms with Crippen LogP contribution >= 0.6 is 19.1 Å². The van der Waals surface area contributed by atoms with Crippen molar-refractivity contribution >= 4 is 19.1 Å². The van der Waals surface area contributed by atoms with Gasteiger partial charge in [-0.05, 0) is 25.7 Å². The van der Waals surface area contributed by atoms with E-state index in [-0.39, 0.29) is 10.5 Å². The van der Waals surface area contributed by atoms with E-state index in [4.69, 9.17) is 4.52 Å². The lowest BCUT2D eigenvalue weighted by Gasteiger charge is -2.30. The highest BCUT2D eigenvalue weighted by Gasteiger charge is 2.49. The number of nitrogens with one attached hydrogen (secondary N) is 1. The molecule has 108 valence electrons. The van der Waals surface area contributed by atoms with E-state index in [1.54, 1.807) is 6.66 Å². The molecule has 3 atom stereocenters. The lowest BCUT2D eigenvalue weighted by atomic mass is 10.2. The zero-order valence-electron chi connectivity index (χ0n) is 12.7. The second kappa shape index (κ2) is 5.87. The minimum absolute atomic E-state index is 0.0454. The third-order valence-corrected chi connectivity index (χ3v) is 7.50. The van der Waals surface area contributed by atoms with Crippen molar-refractivity contribution in [1.29, 1.82) is 0 Å². The summed E-state index contributed by atoms with van der Waals surface area (Å²) in [7, 11) is -2.62. The van der Waals surface area contributed by atoms with E-state index in [1.165, 1.54) is 0 Å². The first kappa shape index (κ1) is 16.6. The summed E-state index contributed by atoms with van der Waals surface area (Å²) in [6.07, 6.45) is 0. The van der Waals surface area contributed by atoms with Crippen LogP contribution in [-0.2, 0) is 9.09 Å². The Bertz CT molecular complexity index is 331. The van der Waals surface area contributed by atoms with E-state index in [2.05, 4.69) is 46.9 Å². The third-order valence-electron chi connectivity index (χ3n) is 3.15. The number of rotatable bonds is 5. The lowest BCUT2D eigenvalue weighted by Crippen LogP contribution is -2.39. The smallest absolute Gasteiger partial charge is 0.217 e. The largest absolute Gasteiger partial charge is 0.327 e. The van der Waals surface area contributed by atoms with Crippen molar-refractivity contribution in [2.75, 3.05) is 13.3 Å². The highest BCUT2D eigenvalue weighted by Crippen LogP contribution is 2.58. The maximum Gasteiger partial charge on any atom is 0.217 e. The summed E-state index contributed by atoms with van der Waals surface area (Å²) in [6.45, 7) is 15.2. The molecular weight excluding hydrogens is 265 g/mol. The summed E-state index contributed by atoms with van der Waals surface area (Å²) >= 11 is 1.88. The summed E-state index contributed by atoms with van der Waals surface area (Å²) in [6, 6.07) is 0. The van der Waals surface area contributed by atoms with Crippen molar-refractivity contribution in [3.05, 3.63) is 0 Å². The van der Waals surface area contributed by atoms with Gasteiger partial charge >= 0.3 is 0 Å². The quantitative estimate of drug-likeness (QED) is 0.778. The zero-order valence-corrected chi connectivity index (χ0v) is 14.4. The molecular formula is C13H28NO2PS. The highest BCUT2D eigenvalue weighted by molar-refractivity contribution is 8.02. The van der Waals surface area contributed by atoms with Crippen LogP contribution in [0.1, 0.15) is 41.5 Å². The molecule has 1 N–H and O–H groups in total. The highest BCUT2D eigenvalue weighted by atomic mass is 32.2. The Hall–Kier alpha value is 0.500. The molecule has 0 aromatic heterocycles. The van der Waals surface area contributed by atoms with Gasteiger partial charge in [0.15, 0.2) is 0 Å². The van der Waals surface area contributed by atoms with Crippen LogP contribution in [0.5, 0.6) is 0 Å². The maximum atomic E-state index is 12.8. The van der Waals surface area contributed by atoms with Crippen molar-refractivity contribution in [3.8, 4) is 0 Å². The van der Waals surface area contributed by atoms with E-state index in [9.17, 15) is 4.57 Å². The van der Waals surface area contributed by atoms with Gasteiger partial charge in [0.25, 0.3) is 0 Å². The SMILES string of the molecule is CC(C)COP(C)(=O)C1NC(C(C)C)SC1(C)C. The minimum Gasteiger partial charge on any atom is -0.327 e. The van der Waals surface area contributed by atoms with Crippen LogP contribution in [0.15, 0.2) is 0 Å².